The van der Waals surface area contributed by atoms with E-state index in [1.54, 1.807) is 0 Å². The highest BCUT2D eigenvalue weighted by Gasteiger charge is 2.55. The van der Waals surface area contributed by atoms with Gasteiger partial charge >= 0.3 is 17.9 Å². The summed E-state index contributed by atoms with van der Waals surface area (Å²) in [5, 5.41) is 24.6. The Morgan fingerprint density at radius 1 is 0.698 bits per heavy atom. The lowest BCUT2D eigenvalue weighted by Crippen LogP contribution is -2.68. The molecule has 3 N–H and O–H groups in total. The summed E-state index contributed by atoms with van der Waals surface area (Å²) >= 11 is 0. The molecule has 2 heterocycles. The molecule has 2 rings (SSSR count). The number of esters is 3. The molecule has 248 valence electrons. The topological polar surface area (TPSA) is 195 Å². The van der Waals surface area contributed by atoms with Gasteiger partial charge in [-0.3, -0.25) is 19.2 Å². The summed E-state index contributed by atoms with van der Waals surface area (Å²) in [5.74, 6) is -2.79. The Bertz CT molecular complexity index is 903. The van der Waals surface area contributed by atoms with E-state index in [1.165, 1.54) is 6.92 Å². The highest BCUT2D eigenvalue weighted by molar-refractivity contribution is 5.73. The fourth-order valence-electron chi connectivity index (χ4n) is 4.78. The molecule has 43 heavy (non-hydrogen) atoms. The predicted octanol–water partition coefficient (Wildman–Crippen LogP) is 0.108. The van der Waals surface area contributed by atoms with Gasteiger partial charge in [0.25, 0.3) is 0 Å². The van der Waals surface area contributed by atoms with Crippen LogP contribution in [0.3, 0.4) is 0 Å². The molecule has 2 saturated heterocycles. The van der Waals surface area contributed by atoms with Gasteiger partial charge < -0.3 is 53.4 Å². The van der Waals surface area contributed by atoms with E-state index < -0.39 is 85.2 Å². The van der Waals surface area contributed by atoms with Gasteiger partial charge in [-0.2, -0.15) is 0 Å². The number of ether oxygens (including phenoxy) is 8. The van der Waals surface area contributed by atoms with Crippen molar-refractivity contribution in [3.8, 4) is 0 Å². The van der Waals surface area contributed by atoms with Gasteiger partial charge in [0.05, 0.1) is 13.2 Å². The van der Waals surface area contributed by atoms with Gasteiger partial charge in [0, 0.05) is 40.9 Å². The van der Waals surface area contributed by atoms with Crippen LogP contribution < -0.4 is 5.32 Å². The molecule has 15 heteroatoms. The average Bonchev–Trinajstić information content (AvgIpc) is 2.91. The average molecular weight is 622 g/mol. The summed E-state index contributed by atoms with van der Waals surface area (Å²) in [6.07, 6.45) is -9.04. The van der Waals surface area contributed by atoms with Gasteiger partial charge in [-0.25, -0.2) is 0 Å². The van der Waals surface area contributed by atoms with E-state index in [0.717, 1.165) is 46.5 Å². The van der Waals surface area contributed by atoms with Crippen LogP contribution in [0.1, 0.15) is 67.2 Å². The number of unbranched alkanes of at least 4 members (excludes halogenated alkanes) is 2. The van der Waals surface area contributed by atoms with Crippen LogP contribution in [-0.2, 0) is 57.1 Å². The van der Waals surface area contributed by atoms with Gasteiger partial charge in [-0.15, -0.1) is 0 Å². The number of hydrogen-bond acceptors (Lipinski definition) is 14. The third-order valence-electron chi connectivity index (χ3n) is 6.70. The third kappa shape index (κ3) is 11.6. The maximum atomic E-state index is 12.2. The van der Waals surface area contributed by atoms with Crippen LogP contribution >= 0.6 is 0 Å². The Balaban J connectivity index is 2.48. The summed E-state index contributed by atoms with van der Waals surface area (Å²) < 4.78 is 45.8. The lowest BCUT2D eigenvalue weighted by Gasteiger charge is -2.48. The molecule has 10 atom stereocenters. The zero-order chi connectivity index (χ0) is 32.1. The molecule has 2 aliphatic heterocycles. The van der Waals surface area contributed by atoms with Crippen LogP contribution in [0.2, 0.25) is 0 Å². The van der Waals surface area contributed by atoms with Crippen molar-refractivity contribution in [1.29, 1.82) is 0 Å². The first-order chi connectivity index (χ1) is 20.4. The molecule has 0 saturated carbocycles. The maximum Gasteiger partial charge on any atom is 0.303 e. The number of carbonyl (C=O) groups excluding carboxylic acids is 4. The Morgan fingerprint density at radius 2 is 1.19 bits per heavy atom. The van der Waals surface area contributed by atoms with Crippen molar-refractivity contribution < 1.29 is 67.3 Å². The standard InChI is InChI=1S/C28H47NO14/c1-7-9-11-36-13-19-23(38-16(4)31)22(34)26(40-18(6)33)28(42-19)43-24-20(14-37-12-10-8-2)41-27(35)21(29-15(3)30)25(24)39-17(5)32/h19-28,34-35H,7-14H2,1-6H3,(H,29,30)/t19?,20?,21?,22?,23-,24+,25?,26?,27+,28-/m0/s1. The second-order valence-corrected chi connectivity index (χ2v) is 10.5. The van der Waals surface area contributed by atoms with Crippen molar-refractivity contribution in [2.75, 3.05) is 26.4 Å². The monoisotopic (exact) mass is 621 g/mol. The van der Waals surface area contributed by atoms with E-state index in [0.29, 0.717) is 13.2 Å². The molecule has 1 amide bonds. The molecule has 0 spiro atoms. The molecular formula is C28H47NO14. The van der Waals surface area contributed by atoms with Crippen molar-refractivity contribution in [1.82, 2.24) is 5.32 Å². The van der Waals surface area contributed by atoms with Crippen LogP contribution in [0.25, 0.3) is 0 Å². The van der Waals surface area contributed by atoms with Gasteiger partial charge in [-0.05, 0) is 12.8 Å². The minimum Gasteiger partial charge on any atom is -0.457 e. The second kappa shape index (κ2) is 18.4. The zero-order valence-electron chi connectivity index (χ0n) is 25.7. The van der Waals surface area contributed by atoms with Gasteiger partial charge in [0.15, 0.2) is 30.9 Å². The van der Waals surface area contributed by atoms with Gasteiger partial charge in [0.1, 0.15) is 30.5 Å². The van der Waals surface area contributed by atoms with E-state index in [-0.39, 0.29) is 13.2 Å². The SMILES string of the molecule is CCCCOCC1O[C@@H](O)C(NC(C)=O)C(OC(C)=O)[C@@H]1O[C@@H]1OC(COCCCC)[C@H](OC(C)=O)C(O)C1OC(C)=O. The Kier molecular flexibility index (Phi) is 15.8. The van der Waals surface area contributed by atoms with Crippen LogP contribution in [0.5, 0.6) is 0 Å². The molecule has 2 aliphatic rings. The number of aliphatic hydroxyl groups excluding tert-OH is 2. The van der Waals surface area contributed by atoms with Crippen molar-refractivity contribution in [2.45, 2.75) is 129 Å². The molecular weight excluding hydrogens is 574 g/mol. The van der Waals surface area contributed by atoms with Crippen LogP contribution in [0.4, 0.5) is 0 Å². The lowest BCUT2D eigenvalue weighted by atomic mass is 9.95. The van der Waals surface area contributed by atoms with E-state index in [4.69, 9.17) is 37.9 Å². The van der Waals surface area contributed by atoms with E-state index in [2.05, 4.69) is 5.32 Å². The summed E-state index contributed by atoms with van der Waals surface area (Å²) in [7, 11) is 0. The van der Waals surface area contributed by atoms with Crippen molar-refractivity contribution >= 4 is 23.8 Å². The number of rotatable bonds is 16. The molecule has 0 radical (unpaired) electrons. The molecule has 2 fully saturated rings. The quantitative estimate of drug-likeness (QED) is 0.119. The fraction of sp³-hybridized carbons (Fsp3) is 0.857. The first-order valence-electron chi connectivity index (χ1n) is 14.7. The summed E-state index contributed by atoms with van der Waals surface area (Å²) in [5.41, 5.74) is 0. The molecule has 0 aromatic carbocycles. The van der Waals surface area contributed by atoms with Crippen LogP contribution in [-0.4, -0.2) is 122 Å². The fourth-order valence-corrected chi connectivity index (χ4v) is 4.78. The van der Waals surface area contributed by atoms with Gasteiger partial charge in [-0.1, -0.05) is 26.7 Å². The third-order valence-corrected chi connectivity index (χ3v) is 6.70. The minimum absolute atomic E-state index is 0.104. The molecule has 6 unspecified atom stereocenters. The number of aliphatic hydroxyl groups is 2. The van der Waals surface area contributed by atoms with Gasteiger partial charge in [0.2, 0.25) is 5.91 Å². The Hall–Kier alpha value is -2.40. The number of amides is 1. The number of hydrogen-bond donors (Lipinski definition) is 3. The molecule has 0 aliphatic carbocycles. The van der Waals surface area contributed by atoms with Crippen molar-refractivity contribution in [2.24, 2.45) is 0 Å². The largest absolute Gasteiger partial charge is 0.457 e. The molecule has 0 aromatic rings. The first kappa shape index (κ1) is 36.8. The normalized spacial score (nSPS) is 32.5. The lowest BCUT2D eigenvalue weighted by molar-refractivity contribution is -0.348. The molecule has 0 aromatic heterocycles. The number of nitrogens with one attached hydrogen (secondary N) is 1. The minimum atomic E-state index is -1.61. The Morgan fingerprint density at radius 3 is 1.67 bits per heavy atom. The predicted molar refractivity (Wildman–Crippen MR) is 146 cm³/mol. The highest BCUT2D eigenvalue weighted by Crippen LogP contribution is 2.33. The van der Waals surface area contributed by atoms with E-state index in [9.17, 15) is 29.4 Å². The van der Waals surface area contributed by atoms with Crippen LogP contribution in [0.15, 0.2) is 0 Å². The highest BCUT2D eigenvalue weighted by atomic mass is 16.7. The summed E-state index contributed by atoms with van der Waals surface area (Å²) in [6, 6.07) is -1.26. The molecule has 0 bridgehead atoms. The zero-order valence-corrected chi connectivity index (χ0v) is 25.7. The number of carbonyl (C=O) groups is 4. The Labute approximate surface area is 251 Å². The van der Waals surface area contributed by atoms with Crippen molar-refractivity contribution in [3.05, 3.63) is 0 Å². The maximum absolute atomic E-state index is 12.2. The summed E-state index contributed by atoms with van der Waals surface area (Å²) in [4.78, 5) is 48.1. The first-order valence-corrected chi connectivity index (χ1v) is 14.7. The molecule has 15 nitrogen and oxygen atoms in total. The van der Waals surface area contributed by atoms with Crippen molar-refractivity contribution in [3.63, 3.8) is 0 Å². The van der Waals surface area contributed by atoms with Crippen LogP contribution in [0, 0.1) is 0 Å². The van der Waals surface area contributed by atoms with E-state index >= 15 is 0 Å². The second-order valence-electron chi connectivity index (χ2n) is 10.5. The summed E-state index contributed by atoms with van der Waals surface area (Å²) in [6.45, 7) is 9.12. The van der Waals surface area contributed by atoms with E-state index in [1.807, 2.05) is 13.8 Å². The smallest absolute Gasteiger partial charge is 0.303 e.